The Morgan fingerprint density at radius 1 is 1.13 bits per heavy atom. The van der Waals surface area contributed by atoms with Gasteiger partial charge in [-0.05, 0) is 60.0 Å². The predicted molar refractivity (Wildman–Crippen MR) is 116 cm³/mol. The molecule has 31 heavy (non-hydrogen) atoms. The number of amides is 1. The predicted octanol–water partition coefficient (Wildman–Crippen LogP) is 5.26. The summed E-state index contributed by atoms with van der Waals surface area (Å²) in [5.41, 5.74) is 2.79. The number of nitrogens with one attached hydrogen (secondary N) is 1. The first-order chi connectivity index (χ1) is 14.8. The van der Waals surface area contributed by atoms with Crippen molar-refractivity contribution in [2.45, 2.75) is 19.4 Å². The molecule has 0 fully saturated rings. The number of nitro groups is 1. The highest BCUT2D eigenvalue weighted by Gasteiger charge is 2.28. The minimum atomic E-state index is -0.539. The molecule has 0 bridgehead atoms. The van der Waals surface area contributed by atoms with Gasteiger partial charge in [-0.15, -0.1) is 0 Å². The molecule has 1 unspecified atom stereocenters. The Balaban J connectivity index is 1.60. The van der Waals surface area contributed by atoms with Gasteiger partial charge in [-0.3, -0.25) is 14.9 Å². The number of rotatable bonds is 4. The lowest BCUT2D eigenvalue weighted by Gasteiger charge is -2.25. The van der Waals surface area contributed by atoms with Crippen LogP contribution in [0.5, 0.6) is 0 Å². The molecule has 0 saturated heterocycles. The Kier molecular flexibility index (Phi) is 5.44. The summed E-state index contributed by atoms with van der Waals surface area (Å²) in [6.07, 6.45) is -0.0946. The number of benzene rings is 3. The summed E-state index contributed by atoms with van der Waals surface area (Å²) in [7, 11) is 0. The topological polar surface area (TPSA) is 98.5 Å². The van der Waals surface area contributed by atoms with Crippen molar-refractivity contribution in [3.05, 3.63) is 104 Å². The Labute approximate surface area is 182 Å². The first kappa shape index (κ1) is 20.6. The van der Waals surface area contributed by atoms with E-state index in [4.69, 9.17) is 16.3 Å². The lowest BCUT2D eigenvalue weighted by molar-refractivity contribution is -0.384. The van der Waals surface area contributed by atoms with E-state index in [0.29, 0.717) is 28.1 Å². The number of ether oxygens (including phenoxy) is 1. The minimum Gasteiger partial charge on any atom is -0.454 e. The van der Waals surface area contributed by atoms with Crippen molar-refractivity contribution in [3.63, 3.8) is 0 Å². The van der Waals surface area contributed by atoms with Crippen LogP contribution in [-0.2, 0) is 11.2 Å². The molecule has 0 aromatic heterocycles. The third-order valence-corrected chi connectivity index (χ3v) is 5.33. The smallest absolute Gasteiger partial charge is 0.339 e. The fourth-order valence-corrected chi connectivity index (χ4v) is 3.62. The van der Waals surface area contributed by atoms with Crippen LogP contribution in [0.15, 0.2) is 60.7 Å². The van der Waals surface area contributed by atoms with Crippen LogP contribution in [0.1, 0.15) is 43.5 Å². The van der Waals surface area contributed by atoms with E-state index in [-0.39, 0.29) is 16.9 Å². The molecular weight excluding hydrogens is 420 g/mol. The van der Waals surface area contributed by atoms with Gasteiger partial charge in [-0.2, -0.15) is 0 Å². The zero-order chi connectivity index (χ0) is 22.1. The molecule has 7 nitrogen and oxygen atoms in total. The van der Waals surface area contributed by atoms with E-state index in [9.17, 15) is 19.7 Å². The number of hydrogen-bond acceptors (Lipinski definition) is 5. The summed E-state index contributed by atoms with van der Waals surface area (Å²) in [5.74, 6) is -0.973. The van der Waals surface area contributed by atoms with Crippen molar-refractivity contribution in [2.75, 3.05) is 5.32 Å². The Hall–Kier alpha value is -3.71. The number of halogens is 1. The van der Waals surface area contributed by atoms with Crippen molar-refractivity contribution in [1.82, 2.24) is 0 Å². The van der Waals surface area contributed by atoms with E-state index < -0.39 is 22.9 Å². The lowest BCUT2D eigenvalue weighted by Crippen LogP contribution is -2.23. The van der Waals surface area contributed by atoms with E-state index >= 15 is 0 Å². The molecule has 4 rings (SSSR count). The third-order valence-electron chi connectivity index (χ3n) is 5.08. The van der Waals surface area contributed by atoms with Gasteiger partial charge in [0, 0.05) is 23.1 Å². The molecule has 3 aromatic rings. The fraction of sp³-hybridized carbons (Fsp3) is 0.130. The molecule has 0 spiro atoms. The van der Waals surface area contributed by atoms with Crippen LogP contribution >= 0.6 is 11.6 Å². The number of carbonyl (C=O) groups is 2. The molecule has 156 valence electrons. The SMILES string of the molecule is Cc1ccc(NC(=O)c2ccc3c(c2)CC(c2ccc(Cl)cc2)OC3=O)c([N+](=O)[O-])c1. The van der Waals surface area contributed by atoms with Crippen molar-refractivity contribution < 1.29 is 19.2 Å². The molecule has 0 aliphatic carbocycles. The first-order valence-electron chi connectivity index (χ1n) is 9.47. The van der Waals surface area contributed by atoms with Crippen molar-refractivity contribution >= 4 is 34.9 Å². The van der Waals surface area contributed by atoms with E-state index in [1.54, 1.807) is 43.3 Å². The summed E-state index contributed by atoms with van der Waals surface area (Å²) in [6.45, 7) is 1.73. The fourth-order valence-electron chi connectivity index (χ4n) is 3.49. The largest absolute Gasteiger partial charge is 0.454 e. The van der Waals surface area contributed by atoms with Gasteiger partial charge < -0.3 is 10.1 Å². The second kappa shape index (κ2) is 8.20. The van der Waals surface area contributed by atoms with Gasteiger partial charge in [-0.1, -0.05) is 29.8 Å². The van der Waals surface area contributed by atoms with Crippen LogP contribution in [0.4, 0.5) is 11.4 Å². The van der Waals surface area contributed by atoms with Gasteiger partial charge in [0.2, 0.25) is 0 Å². The van der Waals surface area contributed by atoms with Gasteiger partial charge in [0.15, 0.2) is 0 Å². The molecule has 1 aliphatic heterocycles. The quantitative estimate of drug-likeness (QED) is 0.341. The number of cyclic esters (lactones) is 1. The first-order valence-corrected chi connectivity index (χ1v) is 9.85. The zero-order valence-electron chi connectivity index (χ0n) is 16.4. The highest BCUT2D eigenvalue weighted by molar-refractivity contribution is 6.30. The maximum Gasteiger partial charge on any atom is 0.339 e. The molecule has 1 aliphatic rings. The molecule has 8 heteroatoms. The second-order valence-corrected chi connectivity index (χ2v) is 7.69. The molecule has 0 radical (unpaired) electrons. The zero-order valence-corrected chi connectivity index (χ0v) is 17.2. The van der Waals surface area contributed by atoms with Crippen LogP contribution in [-0.4, -0.2) is 16.8 Å². The summed E-state index contributed by atoms with van der Waals surface area (Å²) in [6, 6.07) is 16.3. The average Bonchev–Trinajstić information content (AvgIpc) is 2.74. The summed E-state index contributed by atoms with van der Waals surface area (Å²) in [4.78, 5) is 36.0. The molecule has 1 N–H and O–H groups in total. The van der Waals surface area contributed by atoms with E-state index in [1.807, 2.05) is 0 Å². The number of nitro benzene ring substituents is 1. The molecule has 3 aromatic carbocycles. The third kappa shape index (κ3) is 4.27. The Bertz CT molecular complexity index is 1210. The monoisotopic (exact) mass is 436 g/mol. The second-order valence-electron chi connectivity index (χ2n) is 7.25. The summed E-state index contributed by atoms with van der Waals surface area (Å²) < 4.78 is 5.53. The number of carbonyl (C=O) groups excluding carboxylic acids is 2. The highest BCUT2D eigenvalue weighted by Crippen LogP contribution is 2.32. The molecule has 0 saturated carbocycles. The number of hydrogen-bond donors (Lipinski definition) is 1. The van der Waals surface area contributed by atoms with Crippen LogP contribution < -0.4 is 5.32 Å². The van der Waals surface area contributed by atoms with Gasteiger partial charge >= 0.3 is 5.97 Å². The van der Waals surface area contributed by atoms with Gasteiger partial charge in [0.1, 0.15) is 11.8 Å². The van der Waals surface area contributed by atoms with Crippen LogP contribution in [0.25, 0.3) is 0 Å². The minimum absolute atomic E-state index is 0.108. The Morgan fingerprint density at radius 2 is 1.87 bits per heavy atom. The van der Waals surface area contributed by atoms with Crippen LogP contribution in [0, 0.1) is 17.0 Å². The number of fused-ring (bicyclic) bond motifs is 1. The summed E-state index contributed by atoms with van der Waals surface area (Å²) >= 11 is 5.93. The van der Waals surface area contributed by atoms with Crippen molar-refractivity contribution in [3.8, 4) is 0 Å². The number of anilines is 1. The van der Waals surface area contributed by atoms with Crippen molar-refractivity contribution in [1.29, 1.82) is 0 Å². The number of nitrogens with zero attached hydrogens (tertiary/aromatic N) is 1. The lowest BCUT2D eigenvalue weighted by atomic mass is 9.93. The summed E-state index contributed by atoms with van der Waals surface area (Å²) in [5, 5.41) is 14.5. The molecule has 1 amide bonds. The van der Waals surface area contributed by atoms with E-state index in [1.165, 1.54) is 24.3 Å². The molecular formula is C23H17ClN2O5. The maximum atomic E-state index is 12.8. The van der Waals surface area contributed by atoms with Crippen LogP contribution in [0.2, 0.25) is 5.02 Å². The van der Waals surface area contributed by atoms with Crippen LogP contribution in [0.3, 0.4) is 0 Å². The van der Waals surface area contributed by atoms with Crippen molar-refractivity contribution in [2.24, 2.45) is 0 Å². The molecule has 1 atom stereocenters. The van der Waals surface area contributed by atoms with E-state index in [2.05, 4.69) is 5.32 Å². The average molecular weight is 437 g/mol. The maximum absolute atomic E-state index is 12.8. The van der Waals surface area contributed by atoms with Gasteiger partial charge in [0.25, 0.3) is 11.6 Å². The van der Waals surface area contributed by atoms with Gasteiger partial charge in [0.05, 0.1) is 10.5 Å². The van der Waals surface area contributed by atoms with Gasteiger partial charge in [-0.25, -0.2) is 4.79 Å². The normalized spacial score (nSPS) is 15.0. The number of esters is 1. The Morgan fingerprint density at radius 3 is 2.58 bits per heavy atom. The van der Waals surface area contributed by atoms with E-state index in [0.717, 1.165) is 5.56 Å². The highest BCUT2D eigenvalue weighted by atomic mass is 35.5. The standard InChI is InChI=1S/C23H17ClN2O5/c1-13-2-9-19(20(10-13)26(29)30)25-22(27)15-5-8-18-16(11-15)12-21(31-23(18)28)14-3-6-17(24)7-4-14/h2-11,21H,12H2,1H3,(H,25,27). The number of aryl methyl sites for hydroxylation is 1. The molecule has 1 heterocycles.